The number of amides is 2. The minimum Gasteiger partial charge on any atom is -0.497 e. The van der Waals surface area contributed by atoms with Gasteiger partial charge in [-0.05, 0) is 60.5 Å². The Hall–Kier alpha value is -4.72. The van der Waals surface area contributed by atoms with Gasteiger partial charge in [-0.25, -0.2) is 9.48 Å². The van der Waals surface area contributed by atoms with E-state index in [9.17, 15) is 4.79 Å². The van der Waals surface area contributed by atoms with Gasteiger partial charge in [0.05, 0.1) is 49.6 Å². The molecule has 2 amide bonds. The van der Waals surface area contributed by atoms with E-state index in [0.717, 1.165) is 46.2 Å². The highest BCUT2D eigenvalue weighted by molar-refractivity contribution is 5.76. The van der Waals surface area contributed by atoms with E-state index in [1.54, 1.807) is 13.4 Å². The number of urea groups is 1. The second-order valence-corrected chi connectivity index (χ2v) is 9.20. The first-order valence-corrected chi connectivity index (χ1v) is 12.7. The van der Waals surface area contributed by atoms with Gasteiger partial charge < -0.3 is 23.9 Å². The SMILES string of the molecule is CCc1nn(-c2ccccc2)c2c1CN(C(=O)NCc1ccco1)[C@H](c1cccc(OC)c1)c1cccn1-2. The molecule has 0 saturated heterocycles. The Morgan fingerprint density at radius 1 is 1.08 bits per heavy atom. The van der Waals surface area contributed by atoms with Crippen LogP contribution in [0, 0.1) is 0 Å². The molecule has 1 aliphatic heterocycles. The summed E-state index contributed by atoms with van der Waals surface area (Å²) in [5.74, 6) is 2.38. The highest BCUT2D eigenvalue weighted by atomic mass is 16.5. The zero-order valence-electron chi connectivity index (χ0n) is 21.4. The summed E-state index contributed by atoms with van der Waals surface area (Å²) >= 11 is 0. The third kappa shape index (κ3) is 4.14. The Morgan fingerprint density at radius 3 is 2.71 bits per heavy atom. The van der Waals surface area contributed by atoms with Crippen LogP contribution in [0.4, 0.5) is 4.79 Å². The number of rotatable bonds is 6. The average molecular weight is 508 g/mol. The van der Waals surface area contributed by atoms with Crippen LogP contribution in [0.3, 0.4) is 0 Å². The second-order valence-electron chi connectivity index (χ2n) is 9.20. The van der Waals surface area contributed by atoms with Crippen LogP contribution in [0.25, 0.3) is 11.5 Å². The molecule has 1 atom stereocenters. The van der Waals surface area contributed by atoms with E-state index in [1.165, 1.54) is 0 Å². The topological polar surface area (TPSA) is 77.5 Å². The molecule has 0 saturated carbocycles. The van der Waals surface area contributed by atoms with E-state index in [4.69, 9.17) is 14.3 Å². The van der Waals surface area contributed by atoms with Gasteiger partial charge in [-0.15, -0.1) is 0 Å². The lowest BCUT2D eigenvalue weighted by Gasteiger charge is -2.31. The van der Waals surface area contributed by atoms with Crippen LogP contribution in [-0.4, -0.2) is 32.4 Å². The number of para-hydroxylation sites is 1. The van der Waals surface area contributed by atoms with Crippen molar-refractivity contribution in [1.29, 1.82) is 0 Å². The Labute approximate surface area is 221 Å². The van der Waals surface area contributed by atoms with Crippen LogP contribution in [0.1, 0.15) is 41.2 Å². The van der Waals surface area contributed by atoms with Gasteiger partial charge in [-0.1, -0.05) is 37.3 Å². The number of nitrogens with one attached hydrogen (secondary N) is 1. The predicted octanol–water partition coefficient (Wildman–Crippen LogP) is 5.64. The quantitative estimate of drug-likeness (QED) is 0.323. The smallest absolute Gasteiger partial charge is 0.318 e. The van der Waals surface area contributed by atoms with Gasteiger partial charge >= 0.3 is 6.03 Å². The molecule has 5 aromatic rings. The molecule has 4 heterocycles. The predicted molar refractivity (Wildman–Crippen MR) is 144 cm³/mol. The molecule has 192 valence electrons. The molecule has 2 aromatic carbocycles. The van der Waals surface area contributed by atoms with Crippen molar-refractivity contribution < 1.29 is 13.9 Å². The van der Waals surface area contributed by atoms with Gasteiger partial charge in [0.2, 0.25) is 0 Å². The fourth-order valence-electron chi connectivity index (χ4n) is 5.19. The maximum Gasteiger partial charge on any atom is 0.318 e. The molecule has 1 aliphatic rings. The van der Waals surface area contributed by atoms with Crippen molar-refractivity contribution in [2.24, 2.45) is 0 Å². The maximum absolute atomic E-state index is 13.9. The van der Waals surface area contributed by atoms with Crippen molar-refractivity contribution >= 4 is 6.03 Å². The molecule has 3 aromatic heterocycles. The van der Waals surface area contributed by atoms with Gasteiger partial charge in [-0.2, -0.15) is 5.10 Å². The van der Waals surface area contributed by atoms with Crippen molar-refractivity contribution in [2.75, 3.05) is 7.11 Å². The number of furan rings is 1. The third-order valence-electron chi connectivity index (χ3n) is 6.97. The number of methoxy groups -OCH3 is 1. The summed E-state index contributed by atoms with van der Waals surface area (Å²) < 4.78 is 15.2. The Morgan fingerprint density at radius 2 is 1.95 bits per heavy atom. The van der Waals surface area contributed by atoms with Gasteiger partial charge in [-0.3, -0.25) is 0 Å². The number of carbonyl (C=O) groups is 1. The number of aryl methyl sites for hydroxylation is 1. The normalized spacial score (nSPS) is 14.5. The van der Waals surface area contributed by atoms with Crippen LogP contribution >= 0.6 is 0 Å². The van der Waals surface area contributed by atoms with Crippen LogP contribution < -0.4 is 10.1 Å². The largest absolute Gasteiger partial charge is 0.497 e. The molecule has 1 N–H and O–H groups in total. The van der Waals surface area contributed by atoms with Gasteiger partial charge in [0, 0.05) is 11.8 Å². The molecular weight excluding hydrogens is 478 g/mol. The zero-order valence-corrected chi connectivity index (χ0v) is 21.4. The van der Waals surface area contributed by atoms with E-state index in [1.807, 2.05) is 88.6 Å². The summed E-state index contributed by atoms with van der Waals surface area (Å²) in [6, 6.07) is 25.2. The standard InChI is InChI=1S/C30H29N5O3/c1-3-26-25-20-34(30(36)31-19-24-14-9-17-38-24)28(21-10-7-13-23(18-21)37-2)27-15-8-16-33(27)29(25)35(32-26)22-11-5-4-6-12-22/h4-18,28H,3,19-20H2,1-2H3,(H,31,36)/t28-/m1/s1. The highest BCUT2D eigenvalue weighted by Crippen LogP contribution is 2.39. The van der Waals surface area contributed by atoms with Crippen LogP contribution in [0.15, 0.2) is 95.7 Å². The first kappa shape index (κ1) is 23.7. The summed E-state index contributed by atoms with van der Waals surface area (Å²) in [4.78, 5) is 15.8. The summed E-state index contributed by atoms with van der Waals surface area (Å²) in [5.41, 5.74) is 4.87. The minimum absolute atomic E-state index is 0.190. The number of hydrogen-bond acceptors (Lipinski definition) is 4. The van der Waals surface area contributed by atoms with Crippen molar-refractivity contribution in [3.05, 3.63) is 120 Å². The van der Waals surface area contributed by atoms with Gasteiger partial charge in [0.1, 0.15) is 17.3 Å². The summed E-state index contributed by atoms with van der Waals surface area (Å²) in [5, 5.41) is 8.07. The molecule has 0 fully saturated rings. The lowest BCUT2D eigenvalue weighted by atomic mass is 10.0. The fraction of sp³-hybridized carbons (Fsp3) is 0.200. The molecule has 8 heteroatoms. The number of benzene rings is 2. The van der Waals surface area contributed by atoms with E-state index in [-0.39, 0.29) is 12.1 Å². The molecule has 6 rings (SSSR count). The number of ether oxygens (including phenoxy) is 1. The van der Waals surface area contributed by atoms with Crippen LogP contribution in [0.5, 0.6) is 5.75 Å². The maximum atomic E-state index is 13.9. The van der Waals surface area contributed by atoms with E-state index in [2.05, 4.69) is 22.9 Å². The summed E-state index contributed by atoms with van der Waals surface area (Å²) in [7, 11) is 1.65. The molecular formula is C30H29N5O3. The second kappa shape index (κ2) is 9.97. The first-order valence-electron chi connectivity index (χ1n) is 12.7. The number of hydrogen-bond donors (Lipinski definition) is 1. The summed E-state index contributed by atoms with van der Waals surface area (Å²) in [6.07, 6.45) is 4.40. The molecule has 0 unspecified atom stereocenters. The Balaban J connectivity index is 1.53. The lowest BCUT2D eigenvalue weighted by Crippen LogP contribution is -2.41. The zero-order chi connectivity index (χ0) is 26.1. The van der Waals surface area contributed by atoms with E-state index < -0.39 is 0 Å². The average Bonchev–Trinajstić information content (AvgIpc) is 3.71. The molecule has 38 heavy (non-hydrogen) atoms. The molecule has 0 radical (unpaired) electrons. The molecule has 0 bridgehead atoms. The van der Waals surface area contributed by atoms with Crippen LogP contribution in [-0.2, 0) is 19.5 Å². The Kier molecular flexibility index (Phi) is 6.21. The number of fused-ring (bicyclic) bond motifs is 3. The van der Waals surface area contributed by atoms with Gasteiger partial charge in [0.25, 0.3) is 0 Å². The minimum atomic E-state index is -0.363. The number of carbonyl (C=O) groups excluding carboxylic acids is 1. The first-order chi connectivity index (χ1) is 18.7. The monoisotopic (exact) mass is 507 g/mol. The molecule has 0 aliphatic carbocycles. The van der Waals surface area contributed by atoms with Gasteiger partial charge in [0.15, 0.2) is 0 Å². The molecule has 0 spiro atoms. The van der Waals surface area contributed by atoms with Crippen molar-refractivity contribution in [3.63, 3.8) is 0 Å². The van der Waals surface area contributed by atoms with E-state index in [0.29, 0.717) is 18.8 Å². The third-order valence-corrected chi connectivity index (χ3v) is 6.97. The lowest BCUT2D eigenvalue weighted by molar-refractivity contribution is 0.179. The van der Waals surface area contributed by atoms with Crippen molar-refractivity contribution in [3.8, 4) is 17.3 Å². The van der Waals surface area contributed by atoms with Crippen LogP contribution in [0.2, 0.25) is 0 Å². The Bertz CT molecular complexity index is 1550. The highest BCUT2D eigenvalue weighted by Gasteiger charge is 2.36. The number of aromatic nitrogens is 3. The van der Waals surface area contributed by atoms with Crippen molar-refractivity contribution in [1.82, 2.24) is 24.6 Å². The molecule has 8 nitrogen and oxygen atoms in total. The summed E-state index contributed by atoms with van der Waals surface area (Å²) in [6.45, 7) is 2.78. The van der Waals surface area contributed by atoms with E-state index >= 15 is 0 Å². The van der Waals surface area contributed by atoms with Crippen molar-refractivity contribution in [2.45, 2.75) is 32.5 Å². The number of nitrogens with zero attached hydrogens (tertiary/aromatic N) is 4. The fourth-order valence-corrected chi connectivity index (χ4v) is 5.19.